The van der Waals surface area contributed by atoms with Crippen molar-refractivity contribution < 1.29 is 47.8 Å². The maximum Gasteiger partial charge on any atom is 0.269 e. The smallest absolute Gasteiger partial charge is 0.269 e. The summed E-state index contributed by atoms with van der Waals surface area (Å²) in [4.78, 5) is 34.0. The van der Waals surface area contributed by atoms with Gasteiger partial charge in [-0.1, -0.05) is 60.5 Å². The lowest BCUT2D eigenvalue weighted by Gasteiger charge is -2.60. The molecule has 2 aliphatic carbocycles. The summed E-state index contributed by atoms with van der Waals surface area (Å²) in [5.74, 6) is -2.95. The van der Waals surface area contributed by atoms with Gasteiger partial charge in [-0.25, -0.2) is 8.78 Å². The van der Waals surface area contributed by atoms with Crippen molar-refractivity contribution >= 4 is 23.4 Å². The van der Waals surface area contributed by atoms with Crippen LogP contribution >= 0.6 is 0 Å². The first-order valence-electron chi connectivity index (χ1n) is 23.4. The molecule has 1 amide bonds. The number of halogens is 2. The number of amides is 1. The Bertz CT molecular complexity index is 2490. The summed E-state index contributed by atoms with van der Waals surface area (Å²) in [6, 6.07) is 22.9. The molecule has 0 spiro atoms. The summed E-state index contributed by atoms with van der Waals surface area (Å²) in [5.41, 5.74) is 3.06. The number of aliphatic hydroxyl groups is 2. The molecule has 6 atom stereocenters. The molecule has 1 saturated carbocycles. The van der Waals surface area contributed by atoms with Crippen molar-refractivity contribution in [1.82, 2.24) is 4.90 Å². The number of rotatable bonds is 21. The number of carbonyl (C=O) groups excluding carboxylic acids is 1. The number of hydrogen-bond acceptors (Lipinski definition) is 10. The second-order valence-corrected chi connectivity index (χ2v) is 18.6. The Morgan fingerprint density at radius 1 is 0.985 bits per heavy atom. The fourth-order valence-corrected chi connectivity index (χ4v) is 9.81. The lowest BCUT2D eigenvalue weighted by atomic mass is 9.55. The Morgan fingerprint density at radius 2 is 1.71 bits per heavy atom. The molecule has 12 nitrogen and oxygen atoms in total. The number of nitro groups is 1. The van der Waals surface area contributed by atoms with Gasteiger partial charge in [0.1, 0.15) is 41.4 Å². The zero-order valence-corrected chi connectivity index (χ0v) is 38.9. The molecule has 1 heterocycles. The number of benzene rings is 4. The Morgan fingerprint density at radius 3 is 2.38 bits per heavy atom. The van der Waals surface area contributed by atoms with E-state index in [1.165, 1.54) is 36.4 Å². The summed E-state index contributed by atoms with van der Waals surface area (Å²) in [7, 11) is 0. The van der Waals surface area contributed by atoms with Crippen LogP contribution in [0.25, 0.3) is 6.08 Å². The van der Waals surface area contributed by atoms with E-state index in [-0.39, 0.29) is 68.7 Å². The molecule has 0 saturated heterocycles. The van der Waals surface area contributed by atoms with Crippen LogP contribution in [0.4, 0.5) is 14.5 Å². The zero-order chi connectivity index (χ0) is 48.4. The van der Waals surface area contributed by atoms with E-state index in [4.69, 9.17) is 24.2 Å². The van der Waals surface area contributed by atoms with Gasteiger partial charge in [0.15, 0.2) is 0 Å². The van der Waals surface area contributed by atoms with E-state index in [0.717, 1.165) is 24.0 Å². The molecule has 7 rings (SSSR count). The molecule has 14 heteroatoms. The summed E-state index contributed by atoms with van der Waals surface area (Å²) >= 11 is 0. The van der Waals surface area contributed by atoms with E-state index >= 15 is 4.79 Å². The molecule has 68 heavy (non-hydrogen) atoms. The van der Waals surface area contributed by atoms with Gasteiger partial charge in [0.25, 0.3) is 5.69 Å². The van der Waals surface area contributed by atoms with Crippen molar-refractivity contribution in [2.75, 3.05) is 19.8 Å². The fraction of sp³-hybridized carbons (Fsp3) is 0.407. The maximum atomic E-state index is 15.1. The molecule has 0 unspecified atom stereocenters. The number of unbranched alkanes of at least 4 members (excludes halogenated alkanes) is 2. The molecule has 0 aromatic heterocycles. The highest BCUT2D eigenvalue weighted by Crippen LogP contribution is 2.62. The van der Waals surface area contributed by atoms with Gasteiger partial charge in [0.2, 0.25) is 11.7 Å². The van der Waals surface area contributed by atoms with Crippen LogP contribution < -0.4 is 9.47 Å². The zero-order valence-electron chi connectivity index (χ0n) is 38.9. The summed E-state index contributed by atoms with van der Waals surface area (Å²) in [5, 5.41) is 36.3. The second-order valence-electron chi connectivity index (χ2n) is 18.6. The van der Waals surface area contributed by atoms with Gasteiger partial charge in [-0.3, -0.25) is 14.9 Å². The van der Waals surface area contributed by atoms with Crippen LogP contribution in [0.2, 0.25) is 0 Å². The number of allylic oxidation sites excluding steroid dienone is 1. The molecular formula is C54H61F2N3O9. The topological polar surface area (TPSA) is 153 Å². The number of carbonyl (C=O) groups is 1. The number of aliphatic hydroxyl groups excluding tert-OH is 2. The quantitative estimate of drug-likeness (QED) is 0.0273. The minimum Gasteiger partial charge on any atom is -0.489 e. The van der Waals surface area contributed by atoms with Crippen molar-refractivity contribution in [2.45, 2.75) is 102 Å². The molecule has 360 valence electrons. The molecule has 1 fully saturated rings. The molecular weight excluding hydrogens is 873 g/mol. The largest absolute Gasteiger partial charge is 0.489 e. The molecule has 1 aliphatic heterocycles. The monoisotopic (exact) mass is 933 g/mol. The van der Waals surface area contributed by atoms with E-state index in [1.807, 2.05) is 32.9 Å². The van der Waals surface area contributed by atoms with Crippen LogP contribution in [0.5, 0.6) is 11.5 Å². The highest BCUT2D eigenvalue weighted by Gasteiger charge is 2.65. The van der Waals surface area contributed by atoms with E-state index < -0.39 is 40.0 Å². The van der Waals surface area contributed by atoms with Crippen LogP contribution in [-0.4, -0.2) is 68.9 Å². The number of oxime groups is 1. The van der Waals surface area contributed by atoms with E-state index in [2.05, 4.69) is 12.7 Å². The lowest BCUT2D eigenvalue weighted by molar-refractivity contribution is -0.384. The van der Waals surface area contributed by atoms with Gasteiger partial charge in [0, 0.05) is 61.4 Å². The normalized spacial score (nSPS) is 22.4. The number of nitrogens with zero attached hydrogens (tertiary/aromatic N) is 3. The van der Waals surface area contributed by atoms with E-state index in [1.54, 1.807) is 65.6 Å². The van der Waals surface area contributed by atoms with E-state index in [0.29, 0.717) is 59.6 Å². The Labute approximate surface area is 396 Å². The number of ether oxygens (including phenoxy) is 3. The molecule has 4 aromatic rings. The maximum absolute atomic E-state index is 15.1. The average Bonchev–Trinajstić information content (AvgIpc) is 3.32. The third-order valence-corrected chi connectivity index (χ3v) is 12.9. The van der Waals surface area contributed by atoms with Gasteiger partial charge in [-0.05, 0) is 130 Å². The molecule has 0 bridgehead atoms. The van der Waals surface area contributed by atoms with Crippen LogP contribution in [0.15, 0.2) is 127 Å². The first kappa shape index (κ1) is 49.7. The molecule has 0 radical (unpaired) electrons. The third-order valence-electron chi connectivity index (χ3n) is 12.9. The Kier molecular flexibility index (Phi) is 16.3. The highest BCUT2D eigenvalue weighted by atomic mass is 19.1. The average molecular weight is 934 g/mol. The summed E-state index contributed by atoms with van der Waals surface area (Å²) in [6.07, 6.45) is 11.1. The molecule has 2 N–H and O–H groups in total. The fourth-order valence-electron chi connectivity index (χ4n) is 9.81. The standard InChI is InChI=1S/C54H61F2N3O9/c1-5-30-66-54-49(58(34-37-16-21-40(55)22-17-37)50(62)27-20-36-18-23-41(24-19-36)59(63)64)33-47(57-68-53(2,3)4)44-31-38(12-8-10-28-60)43(14-9-11-29-61)51(52(44)54)45-32-42(25-26-48(45)67-54)65-35-39-13-6-7-15-46(39)56/h5-7,13,15-27,31-32,38,43,49,51-52,60-61H,1,8-12,14,28-30,33-35H2,2-4H3/t38-,43+,49-,51+,52+,54+/m0/s1. The Balaban J connectivity index is 1.45. The van der Waals surface area contributed by atoms with Crippen LogP contribution in [0, 0.1) is 39.5 Å². The Hall–Kier alpha value is -6.22. The van der Waals surface area contributed by atoms with Crippen molar-refractivity contribution in [3.63, 3.8) is 0 Å². The predicted octanol–water partition coefficient (Wildman–Crippen LogP) is 10.6. The van der Waals surface area contributed by atoms with Crippen LogP contribution in [0.1, 0.15) is 93.9 Å². The predicted molar refractivity (Wildman–Crippen MR) is 256 cm³/mol. The molecule has 3 aliphatic rings. The van der Waals surface area contributed by atoms with Crippen molar-refractivity contribution in [3.8, 4) is 11.5 Å². The number of hydrogen-bond donors (Lipinski definition) is 2. The van der Waals surface area contributed by atoms with Gasteiger partial charge >= 0.3 is 0 Å². The van der Waals surface area contributed by atoms with E-state index in [9.17, 15) is 29.1 Å². The second kappa shape index (κ2) is 22.3. The first-order chi connectivity index (χ1) is 32.7. The van der Waals surface area contributed by atoms with Crippen LogP contribution in [0.3, 0.4) is 0 Å². The van der Waals surface area contributed by atoms with Crippen molar-refractivity contribution in [1.29, 1.82) is 0 Å². The third kappa shape index (κ3) is 11.5. The number of fused-ring (bicyclic) bond motifs is 2. The summed E-state index contributed by atoms with van der Waals surface area (Å²) < 4.78 is 50.1. The summed E-state index contributed by atoms with van der Waals surface area (Å²) in [6.45, 7) is 9.80. The van der Waals surface area contributed by atoms with Crippen molar-refractivity contribution in [3.05, 3.63) is 165 Å². The van der Waals surface area contributed by atoms with Gasteiger partial charge in [0.05, 0.1) is 23.2 Å². The van der Waals surface area contributed by atoms with Gasteiger partial charge < -0.3 is 34.2 Å². The number of nitro benzene ring substituents is 1. The molecule has 4 aromatic carbocycles. The lowest BCUT2D eigenvalue weighted by Crippen LogP contribution is -2.70. The van der Waals surface area contributed by atoms with Crippen molar-refractivity contribution in [2.24, 2.45) is 22.9 Å². The first-order valence-corrected chi connectivity index (χ1v) is 23.4. The minimum atomic E-state index is -1.60. The number of non-ortho nitro benzene ring substituents is 1. The van der Waals surface area contributed by atoms with Crippen LogP contribution in [-0.2, 0) is 27.5 Å². The SMILES string of the molecule is C=CCO[C@@]12Oc3ccc(OCc4ccccc4F)cc3[C@H]3[C@H](CCCCO)[C@@H](CCCCO)C=C(C(=NOC(C)(C)C)C[C@@H]1N(Cc1ccc(F)cc1)C(=O)C=Cc1ccc([N+](=O)[O-])cc1)[C@H]32. The van der Waals surface area contributed by atoms with Gasteiger partial charge in [-0.15, -0.1) is 6.58 Å². The minimum absolute atomic E-state index is 0.000175. The van der Waals surface area contributed by atoms with Gasteiger partial charge in [-0.2, -0.15) is 0 Å². The highest BCUT2D eigenvalue weighted by molar-refractivity contribution is 6.03.